The highest BCUT2D eigenvalue weighted by atomic mass is 35.5. The van der Waals surface area contributed by atoms with E-state index in [1.165, 1.54) is 18.2 Å². The molecule has 0 aromatic heterocycles. The van der Waals surface area contributed by atoms with Gasteiger partial charge in [-0.05, 0) is 42.8 Å². The van der Waals surface area contributed by atoms with E-state index in [4.69, 9.17) is 23.2 Å². The van der Waals surface area contributed by atoms with E-state index in [2.05, 4.69) is 10.6 Å². The third-order valence-electron chi connectivity index (χ3n) is 4.96. The van der Waals surface area contributed by atoms with E-state index in [1.54, 1.807) is 24.3 Å². The molecule has 0 aliphatic heterocycles. The van der Waals surface area contributed by atoms with Gasteiger partial charge in [-0.3, -0.25) is 13.9 Å². The van der Waals surface area contributed by atoms with E-state index in [1.807, 2.05) is 37.3 Å². The summed E-state index contributed by atoms with van der Waals surface area (Å²) in [5.41, 5.74) is 1.54. The molecule has 34 heavy (non-hydrogen) atoms. The number of rotatable bonds is 8. The summed E-state index contributed by atoms with van der Waals surface area (Å²) in [6, 6.07) is 20.0. The summed E-state index contributed by atoms with van der Waals surface area (Å²) in [4.78, 5) is 25.7. The molecule has 178 valence electrons. The number of hydrogen-bond acceptors (Lipinski definition) is 4. The van der Waals surface area contributed by atoms with Crippen LogP contribution in [0.5, 0.6) is 0 Å². The van der Waals surface area contributed by atoms with E-state index in [9.17, 15) is 18.0 Å². The summed E-state index contributed by atoms with van der Waals surface area (Å²) in [7, 11) is -3.85. The molecule has 0 fully saturated rings. The topological polar surface area (TPSA) is 95.6 Å². The van der Waals surface area contributed by atoms with Crippen molar-refractivity contribution >= 4 is 56.4 Å². The average molecular weight is 520 g/mol. The predicted octanol–water partition coefficient (Wildman–Crippen LogP) is 4.89. The number of carbonyl (C=O) groups is 2. The molecule has 2 amide bonds. The highest BCUT2D eigenvalue weighted by molar-refractivity contribution is 7.92. The Morgan fingerprint density at radius 1 is 0.971 bits per heavy atom. The first-order chi connectivity index (χ1) is 16.1. The smallest absolute Gasteiger partial charge is 0.253 e. The standard InChI is InChI=1S/C24H23Cl2N3O4S/c1-16(17-8-4-3-5-9-17)27-24(31)19-10-6-7-11-21(19)28-23(30)15-29(34(2,32)33)22-13-12-18(25)14-20(22)26/h3-14,16H,15H2,1-2H3,(H,27,31)(H,28,30)/t16-/m0/s1. The number of sulfonamides is 1. The Hall–Kier alpha value is -3.07. The molecule has 1 atom stereocenters. The minimum absolute atomic E-state index is 0.0837. The van der Waals surface area contributed by atoms with Gasteiger partial charge < -0.3 is 10.6 Å². The van der Waals surface area contributed by atoms with Gasteiger partial charge in [-0.15, -0.1) is 0 Å². The van der Waals surface area contributed by atoms with Crippen LogP contribution >= 0.6 is 23.2 Å². The van der Waals surface area contributed by atoms with Crippen molar-refractivity contribution in [2.24, 2.45) is 0 Å². The minimum atomic E-state index is -3.85. The summed E-state index contributed by atoms with van der Waals surface area (Å²) in [6.45, 7) is 1.31. The lowest BCUT2D eigenvalue weighted by Crippen LogP contribution is -2.38. The van der Waals surface area contributed by atoms with Crippen molar-refractivity contribution in [1.82, 2.24) is 5.32 Å². The molecular weight excluding hydrogens is 497 g/mol. The lowest BCUT2D eigenvalue weighted by molar-refractivity contribution is -0.114. The lowest BCUT2D eigenvalue weighted by Gasteiger charge is -2.23. The first kappa shape index (κ1) is 25.6. The second kappa shape index (κ2) is 10.9. The van der Waals surface area contributed by atoms with Crippen LogP contribution in [0, 0.1) is 0 Å². The molecule has 3 rings (SSSR count). The number of para-hydroxylation sites is 1. The second-order valence-electron chi connectivity index (χ2n) is 7.56. The molecule has 0 saturated heterocycles. The van der Waals surface area contributed by atoms with Gasteiger partial charge in [0.05, 0.1) is 34.3 Å². The van der Waals surface area contributed by atoms with Crippen LogP contribution in [0.3, 0.4) is 0 Å². The van der Waals surface area contributed by atoms with Crippen molar-refractivity contribution in [1.29, 1.82) is 0 Å². The molecule has 2 N–H and O–H groups in total. The quantitative estimate of drug-likeness (QED) is 0.442. The number of nitrogens with zero attached hydrogens (tertiary/aromatic N) is 1. The fraction of sp³-hybridized carbons (Fsp3) is 0.167. The molecule has 0 heterocycles. The number of nitrogens with one attached hydrogen (secondary N) is 2. The van der Waals surface area contributed by atoms with Gasteiger partial charge in [-0.2, -0.15) is 0 Å². The van der Waals surface area contributed by atoms with Crippen molar-refractivity contribution in [2.45, 2.75) is 13.0 Å². The molecule has 0 unspecified atom stereocenters. The van der Waals surface area contributed by atoms with Crippen LogP contribution in [0.1, 0.15) is 28.9 Å². The van der Waals surface area contributed by atoms with Crippen LogP contribution in [0.4, 0.5) is 11.4 Å². The summed E-state index contributed by atoms with van der Waals surface area (Å²) < 4.78 is 25.6. The molecule has 3 aromatic carbocycles. The van der Waals surface area contributed by atoms with Crippen LogP contribution in [0.2, 0.25) is 10.0 Å². The number of anilines is 2. The monoisotopic (exact) mass is 519 g/mol. The molecule has 0 radical (unpaired) electrons. The number of hydrogen-bond donors (Lipinski definition) is 2. The van der Waals surface area contributed by atoms with Gasteiger partial charge in [0.1, 0.15) is 6.54 Å². The molecule has 3 aromatic rings. The lowest BCUT2D eigenvalue weighted by atomic mass is 10.1. The van der Waals surface area contributed by atoms with Gasteiger partial charge in [0.2, 0.25) is 15.9 Å². The number of benzene rings is 3. The normalized spacial score (nSPS) is 12.0. The molecule has 0 spiro atoms. The van der Waals surface area contributed by atoms with E-state index in [-0.39, 0.29) is 33.9 Å². The summed E-state index contributed by atoms with van der Waals surface area (Å²) in [5, 5.41) is 5.95. The Morgan fingerprint density at radius 2 is 1.62 bits per heavy atom. The molecular formula is C24H23Cl2N3O4S. The first-order valence-corrected chi connectivity index (χ1v) is 12.8. The SMILES string of the molecule is C[C@H](NC(=O)c1ccccc1NC(=O)CN(c1ccc(Cl)cc1Cl)S(C)(=O)=O)c1ccccc1. The van der Waals surface area contributed by atoms with Gasteiger partial charge in [0, 0.05) is 5.02 Å². The Morgan fingerprint density at radius 3 is 2.26 bits per heavy atom. The molecule has 0 aliphatic carbocycles. The molecule has 0 saturated carbocycles. The van der Waals surface area contributed by atoms with Crippen molar-refractivity contribution in [2.75, 3.05) is 22.4 Å². The summed E-state index contributed by atoms with van der Waals surface area (Å²) in [5.74, 6) is -1.03. The molecule has 10 heteroatoms. The maximum Gasteiger partial charge on any atom is 0.253 e. The maximum absolute atomic E-state index is 12.9. The van der Waals surface area contributed by atoms with Gasteiger partial charge in [-0.1, -0.05) is 65.7 Å². The third-order valence-corrected chi connectivity index (χ3v) is 6.62. The average Bonchev–Trinajstić information content (AvgIpc) is 2.78. The van der Waals surface area contributed by atoms with Gasteiger partial charge in [0.15, 0.2) is 0 Å². The van der Waals surface area contributed by atoms with Gasteiger partial charge in [0.25, 0.3) is 5.91 Å². The van der Waals surface area contributed by atoms with Crippen molar-refractivity contribution < 1.29 is 18.0 Å². The Labute approximate surface area is 208 Å². The van der Waals surface area contributed by atoms with Crippen LogP contribution < -0.4 is 14.9 Å². The van der Waals surface area contributed by atoms with Crippen LogP contribution in [-0.4, -0.2) is 33.0 Å². The zero-order valence-electron chi connectivity index (χ0n) is 18.5. The molecule has 7 nitrogen and oxygen atoms in total. The summed E-state index contributed by atoms with van der Waals surface area (Å²) >= 11 is 12.1. The molecule has 0 aliphatic rings. The van der Waals surface area contributed by atoms with Gasteiger partial charge in [-0.25, -0.2) is 8.42 Å². The highest BCUT2D eigenvalue weighted by Gasteiger charge is 2.24. The van der Waals surface area contributed by atoms with Gasteiger partial charge >= 0.3 is 0 Å². The van der Waals surface area contributed by atoms with Crippen LogP contribution in [0.25, 0.3) is 0 Å². The fourth-order valence-corrected chi connectivity index (χ4v) is 4.70. The van der Waals surface area contributed by atoms with E-state index in [0.717, 1.165) is 16.1 Å². The number of halogens is 2. The Balaban J connectivity index is 1.79. The van der Waals surface area contributed by atoms with Crippen molar-refractivity contribution in [3.8, 4) is 0 Å². The van der Waals surface area contributed by atoms with E-state index < -0.39 is 22.5 Å². The zero-order valence-corrected chi connectivity index (χ0v) is 20.8. The van der Waals surface area contributed by atoms with Crippen LogP contribution in [0.15, 0.2) is 72.8 Å². The first-order valence-electron chi connectivity index (χ1n) is 10.2. The summed E-state index contributed by atoms with van der Waals surface area (Å²) in [6.07, 6.45) is 0.970. The Bertz CT molecular complexity index is 1300. The maximum atomic E-state index is 12.9. The number of carbonyl (C=O) groups excluding carboxylic acids is 2. The Kier molecular flexibility index (Phi) is 8.19. The fourth-order valence-electron chi connectivity index (χ4n) is 3.27. The predicted molar refractivity (Wildman–Crippen MR) is 136 cm³/mol. The van der Waals surface area contributed by atoms with E-state index >= 15 is 0 Å². The largest absolute Gasteiger partial charge is 0.345 e. The molecule has 0 bridgehead atoms. The number of amides is 2. The highest BCUT2D eigenvalue weighted by Crippen LogP contribution is 2.30. The zero-order chi connectivity index (χ0) is 24.9. The van der Waals surface area contributed by atoms with Crippen molar-refractivity contribution in [3.63, 3.8) is 0 Å². The third kappa shape index (κ3) is 6.50. The minimum Gasteiger partial charge on any atom is -0.345 e. The van der Waals surface area contributed by atoms with Crippen LogP contribution in [-0.2, 0) is 14.8 Å². The second-order valence-corrected chi connectivity index (χ2v) is 10.3. The van der Waals surface area contributed by atoms with Crippen molar-refractivity contribution in [3.05, 3.63) is 94.0 Å². The van der Waals surface area contributed by atoms with E-state index in [0.29, 0.717) is 5.02 Å².